The molecule has 0 aliphatic rings. The maximum absolute atomic E-state index is 8.42. The third-order valence-electron chi connectivity index (χ3n) is 0. The van der Waals surface area contributed by atoms with Crippen LogP contribution in [0, 0.1) is 0 Å². The van der Waals surface area contributed by atoms with Gasteiger partial charge in [0.25, 0.3) is 0 Å². The van der Waals surface area contributed by atoms with Gasteiger partial charge in [0.1, 0.15) is 0 Å². The van der Waals surface area contributed by atoms with Crippen LogP contribution in [0.2, 0.25) is 0 Å². The average Bonchev–Trinajstić information content (AvgIpc) is 1.76. The molecule has 0 heterocycles. The molecular formula is H8B4O16Sr6. The van der Waals surface area contributed by atoms with Crippen LogP contribution < -0.4 is 60.3 Å². The maximum Gasteiger partial charge on any atom is 2.00 e. The summed E-state index contributed by atoms with van der Waals surface area (Å²) in [4.78, 5) is 0. The molecule has 128 valence electrons. The molecule has 0 saturated heterocycles. The molecule has 0 bridgehead atoms. The van der Waals surface area contributed by atoms with Crippen molar-refractivity contribution in [3.05, 3.63) is 0 Å². The Kier molecular flexibility index (Phi) is 298. The van der Waals surface area contributed by atoms with Gasteiger partial charge in [-0.15, -0.1) is 0 Å². The fourth-order valence-electron chi connectivity index (χ4n) is 0. The molecule has 0 fully saturated rings. The molecule has 26 heavy (non-hydrogen) atoms. The largest absolute Gasteiger partial charge is 2.00 e. The zero-order valence-corrected chi connectivity index (χ0v) is 34.3. The molecule has 26 heteroatoms. The second-order valence-electron chi connectivity index (χ2n) is 1.15. The molecule has 0 radical (unpaired) electrons. The minimum Gasteiger partial charge on any atom is -0.907 e. The average molecular weight is 833 g/mol. The van der Waals surface area contributed by atoms with E-state index in [1.165, 1.54) is 0 Å². The summed E-state index contributed by atoms with van der Waals surface area (Å²) < 4.78 is 0. The first-order valence-corrected chi connectivity index (χ1v) is 2.83. The van der Waals surface area contributed by atoms with Crippen molar-refractivity contribution in [3.8, 4) is 0 Å². The zero-order chi connectivity index (χ0) is 14.3. The second kappa shape index (κ2) is 84.2. The molecule has 0 aliphatic heterocycles. The minimum atomic E-state index is -2.92. The van der Waals surface area contributed by atoms with Gasteiger partial charge >= 0.3 is 273 Å². The van der Waals surface area contributed by atoms with Gasteiger partial charge in [-0.05, 0) is 0 Å². The molecule has 0 saturated carbocycles. The van der Waals surface area contributed by atoms with Crippen molar-refractivity contribution >= 4 is 302 Å². The van der Waals surface area contributed by atoms with Gasteiger partial charge < -0.3 is 82.2 Å². The van der Waals surface area contributed by atoms with Crippen LogP contribution in [0.3, 0.4) is 0 Å². The SMILES string of the molecule is O.O.O.O.[O-]B([O-])[O-].[O-]B([O-])[O-].[O-]B([O-])[O-].[O-]B([O-])[O-].[Sr+2].[Sr+2].[Sr+2].[Sr+2].[Sr+2].[Sr+2]. The molecule has 0 spiro atoms. The fourth-order valence-corrected chi connectivity index (χ4v) is 0. The summed E-state index contributed by atoms with van der Waals surface area (Å²) in [6.07, 6.45) is 0. The molecule has 0 rings (SSSR count). The summed E-state index contributed by atoms with van der Waals surface area (Å²) in [6, 6.07) is 0. The van der Waals surface area contributed by atoms with Gasteiger partial charge in [-0.25, -0.2) is 0 Å². The van der Waals surface area contributed by atoms with Gasteiger partial charge in [-0.2, -0.15) is 0 Å². The first-order chi connectivity index (χ1) is 6.93. The maximum atomic E-state index is 8.42. The van der Waals surface area contributed by atoms with Crippen molar-refractivity contribution < 1.29 is 82.2 Å². The van der Waals surface area contributed by atoms with Crippen LogP contribution in [0.4, 0.5) is 0 Å². The summed E-state index contributed by atoms with van der Waals surface area (Å²) in [5, 5.41) is 101. The van der Waals surface area contributed by atoms with Crippen LogP contribution >= 0.6 is 0 Å². The first kappa shape index (κ1) is 92.1. The Morgan fingerprint density at radius 2 is 0.231 bits per heavy atom. The van der Waals surface area contributed by atoms with E-state index in [9.17, 15) is 0 Å². The van der Waals surface area contributed by atoms with Crippen molar-refractivity contribution in [3.63, 3.8) is 0 Å². The molecule has 0 aromatic heterocycles. The van der Waals surface area contributed by atoms with Gasteiger partial charge in [0, 0.05) is 0 Å². The summed E-state index contributed by atoms with van der Waals surface area (Å²) in [5.41, 5.74) is 0. The monoisotopic (exact) mass is 835 g/mol. The normalized spacial score (nSPS) is 4.15. The van der Waals surface area contributed by atoms with Crippen molar-refractivity contribution in [2.24, 2.45) is 0 Å². The van der Waals surface area contributed by atoms with Crippen LogP contribution in [0.25, 0.3) is 0 Å². The smallest absolute Gasteiger partial charge is 0.907 e. The molecule has 16 nitrogen and oxygen atoms in total. The zero-order valence-electron chi connectivity index (χ0n) is 13.5. The predicted octanol–water partition coefficient (Wildman–Crippen LogP) is -21.4. The molecule has 0 aromatic rings. The fraction of sp³-hybridized carbons (Fsp3) is 0. The third-order valence-corrected chi connectivity index (χ3v) is 0. The molecule has 0 amide bonds. The summed E-state index contributed by atoms with van der Waals surface area (Å²) in [7, 11) is -11.7. The van der Waals surface area contributed by atoms with Gasteiger partial charge in [0.2, 0.25) is 0 Å². The molecule has 0 atom stereocenters. The van der Waals surface area contributed by atoms with E-state index >= 15 is 0 Å². The Morgan fingerprint density at radius 1 is 0.231 bits per heavy atom. The van der Waals surface area contributed by atoms with Gasteiger partial charge in [0.05, 0.1) is 0 Å². The molecular weight excluding hydrogens is 825 g/mol. The molecule has 0 aliphatic carbocycles. The van der Waals surface area contributed by atoms with E-state index < -0.39 is 29.3 Å². The Bertz CT molecular complexity index is 77.7. The standard InChI is InChI=1S/4BO3.4H2O.6Sr/c4*2-1(3)4;;;;;;;;;;/h;;;;4*1H2;;;;;;/q4*-3;;;;;6*+2. The van der Waals surface area contributed by atoms with Crippen LogP contribution in [0.15, 0.2) is 0 Å². The van der Waals surface area contributed by atoms with E-state index in [1.807, 2.05) is 0 Å². The van der Waals surface area contributed by atoms with Gasteiger partial charge in [-0.3, -0.25) is 29.3 Å². The van der Waals surface area contributed by atoms with Gasteiger partial charge in [0.15, 0.2) is 0 Å². The number of hydrogen-bond acceptors (Lipinski definition) is 12. The number of rotatable bonds is 0. The van der Waals surface area contributed by atoms with E-state index in [0.717, 1.165) is 0 Å². The van der Waals surface area contributed by atoms with E-state index in [0.29, 0.717) is 0 Å². The minimum absolute atomic E-state index is 0. The number of hydrogen-bond donors (Lipinski definition) is 0. The van der Waals surface area contributed by atoms with E-state index in [1.54, 1.807) is 0 Å². The Balaban J connectivity index is -0.00000000545. The Morgan fingerprint density at radius 3 is 0.231 bits per heavy atom. The molecule has 0 unspecified atom stereocenters. The molecule has 0 aromatic carbocycles. The second-order valence-corrected chi connectivity index (χ2v) is 1.15. The van der Waals surface area contributed by atoms with E-state index in [-0.39, 0.29) is 295 Å². The van der Waals surface area contributed by atoms with Crippen molar-refractivity contribution in [1.29, 1.82) is 0 Å². The topological polar surface area (TPSA) is 403 Å². The van der Waals surface area contributed by atoms with E-state index in [4.69, 9.17) is 60.3 Å². The van der Waals surface area contributed by atoms with Crippen molar-refractivity contribution in [2.45, 2.75) is 0 Å². The van der Waals surface area contributed by atoms with Gasteiger partial charge in [-0.1, -0.05) is 0 Å². The quantitative estimate of drug-likeness (QED) is 0.205. The van der Waals surface area contributed by atoms with Crippen molar-refractivity contribution in [1.82, 2.24) is 0 Å². The summed E-state index contributed by atoms with van der Waals surface area (Å²) in [6.45, 7) is 0. The Hall–Kier alpha value is 8.50. The van der Waals surface area contributed by atoms with Crippen LogP contribution in [-0.4, -0.2) is 324 Å². The molecule has 8 N–H and O–H groups in total. The van der Waals surface area contributed by atoms with Crippen LogP contribution in [-0.2, 0) is 0 Å². The predicted molar refractivity (Wildman–Crippen MR) is 72.0 cm³/mol. The Labute approximate surface area is 373 Å². The van der Waals surface area contributed by atoms with Crippen molar-refractivity contribution in [2.75, 3.05) is 0 Å². The first-order valence-electron chi connectivity index (χ1n) is 2.83. The third kappa shape index (κ3) is 446. The summed E-state index contributed by atoms with van der Waals surface area (Å²) >= 11 is 0. The van der Waals surface area contributed by atoms with Crippen LogP contribution in [0.1, 0.15) is 0 Å². The van der Waals surface area contributed by atoms with E-state index in [2.05, 4.69) is 0 Å². The van der Waals surface area contributed by atoms with Crippen LogP contribution in [0.5, 0.6) is 0 Å². The summed E-state index contributed by atoms with van der Waals surface area (Å²) in [5.74, 6) is 0.